The van der Waals surface area contributed by atoms with Crippen molar-refractivity contribution in [1.29, 1.82) is 0 Å². The lowest BCUT2D eigenvalue weighted by Gasteiger charge is -2.33. The lowest BCUT2D eigenvalue weighted by molar-refractivity contribution is -0.141. The number of likely N-dealkylation sites (N-methyl/N-ethyl adjacent to an activating group) is 1. The molecule has 0 bridgehead atoms. The molecule has 0 radical (unpaired) electrons. The summed E-state index contributed by atoms with van der Waals surface area (Å²) in [5.74, 6) is -0.137. The third kappa shape index (κ3) is 3.53. The van der Waals surface area contributed by atoms with Crippen LogP contribution in [0.2, 0.25) is 0 Å². The van der Waals surface area contributed by atoms with Gasteiger partial charge in [0.25, 0.3) is 0 Å². The van der Waals surface area contributed by atoms with E-state index in [0.29, 0.717) is 19.6 Å². The molecule has 0 atom stereocenters. The van der Waals surface area contributed by atoms with Crippen LogP contribution in [-0.4, -0.2) is 54.0 Å². The lowest BCUT2D eigenvalue weighted by Crippen LogP contribution is -2.49. The Labute approximate surface area is 120 Å². The summed E-state index contributed by atoms with van der Waals surface area (Å²) in [7, 11) is 1.66. The molecule has 2 rings (SSSR count). The number of nitrogens with one attached hydrogen (secondary N) is 1. The van der Waals surface area contributed by atoms with Gasteiger partial charge < -0.3 is 15.1 Å². The number of nitrogens with zero attached hydrogens (tertiary/aromatic N) is 4. The number of carbonyl (C=O) groups is 1. The molecule has 0 unspecified atom stereocenters. The van der Waals surface area contributed by atoms with Crippen LogP contribution in [0.5, 0.6) is 0 Å². The molecule has 1 N–H and O–H groups in total. The van der Waals surface area contributed by atoms with Gasteiger partial charge in [0.1, 0.15) is 5.82 Å². The van der Waals surface area contributed by atoms with Gasteiger partial charge in [-0.3, -0.25) is 4.79 Å². The number of rotatable bonds is 3. The Morgan fingerprint density at radius 2 is 2.05 bits per heavy atom. The summed E-state index contributed by atoms with van der Waals surface area (Å²) < 4.78 is 38.6. The molecule has 1 aliphatic rings. The second-order valence-electron chi connectivity index (χ2n) is 4.70. The maximum Gasteiger partial charge on any atom is 0.433 e. The number of hydrogen-bond donors (Lipinski definition) is 1. The molecule has 116 valence electrons. The molecule has 0 spiro atoms. The Morgan fingerprint density at radius 3 is 2.62 bits per heavy atom. The number of aromatic nitrogens is 2. The smallest absolute Gasteiger partial charge is 0.354 e. The minimum Gasteiger partial charge on any atom is -0.354 e. The number of piperazine rings is 1. The van der Waals surface area contributed by atoms with E-state index in [-0.39, 0.29) is 24.2 Å². The Kier molecular flexibility index (Phi) is 4.19. The zero-order valence-electron chi connectivity index (χ0n) is 11.7. The fourth-order valence-corrected chi connectivity index (χ4v) is 1.93. The second-order valence-corrected chi connectivity index (χ2v) is 4.70. The van der Waals surface area contributed by atoms with Gasteiger partial charge in [0.05, 0.1) is 6.54 Å². The zero-order chi connectivity index (χ0) is 15.6. The molecular weight excluding hydrogens is 287 g/mol. The van der Waals surface area contributed by atoms with E-state index in [1.54, 1.807) is 14.0 Å². The van der Waals surface area contributed by atoms with Gasteiger partial charge in [-0.2, -0.15) is 18.2 Å². The summed E-state index contributed by atoms with van der Waals surface area (Å²) in [6, 6.07) is 0.874. The van der Waals surface area contributed by atoms with Crippen LogP contribution in [0.1, 0.15) is 12.6 Å². The van der Waals surface area contributed by atoms with Crippen molar-refractivity contribution >= 4 is 17.7 Å². The summed E-state index contributed by atoms with van der Waals surface area (Å²) in [4.78, 5) is 22.2. The molecule has 0 aliphatic carbocycles. The number of amides is 1. The molecule has 1 fully saturated rings. The highest BCUT2D eigenvalue weighted by molar-refractivity contribution is 5.82. The van der Waals surface area contributed by atoms with Crippen molar-refractivity contribution in [3.05, 3.63) is 11.8 Å². The Bertz CT molecular complexity index is 534. The highest BCUT2D eigenvalue weighted by atomic mass is 19.4. The van der Waals surface area contributed by atoms with E-state index in [4.69, 9.17) is 0 Å². The Morgan fingerprint density at radius 1 is 1.33 bits per heavy atom. The molecule has 1 aromatic heterocycles. The number of anilines is 2. The summed E-state index contributed by atoms with van der Waals surface area (Å²) in [5, 5.41) is 2.68. The molecule has 1 aliphatic heterocycles. The zero-order valence-corrected chi connectivity index (χ0v) is 11.7. The molecule has 1 saturated heterocycles. The van der Waals surface area contributed by atoms with E-state index in [9.17, 15) is 18.0 Å². The minimum absolute atomic E-state index is 0.0103. The van der Waals surface area contributed by atoms with Gasteiger partial charge in [-0.1, -0.05) is 0 Å². The number of halogens is 3. The van der Waals surface area contributed by atoms with Gasteiger partial charge in [0.15, 0.2) is 5.69 Å². The summed E-state index contributed by atoms with van der Waals surface area (Å²) in [6.07, 6.45) is -4.56. The van der Waals surface area contributed by atoms with Crippen LogP contribution in [0.15, 0.2) is 6.07 Å². The quantitative estimate of drug-likeness (QED) is 0.909. The van der Waals surface area contributed by atoms with Gasteiger partial charge in [-0.25, -0.2) is 4.98 Å². The third-order valence-corrected chi connectivity index (χ3v) is 3.12. The van der Waals surface area contributed by atoms with Crippen molar-refractivity contribution in [1.82, 2.24) is 14.9 Å². The van der Waals surface area contributed by atoms with Crippen LogP contribution in [0.3, 0.4) is 0 Å². The van der Waals surface area contributed by atoms with Crippen LogP contribution in [0, 0.1) is 0 Å². The highest BCUT2D eigenvalue weighted by Crippen LogP contribution is 2.30. The molecule has 1 aromatic rings. The van der Waals surface area contributed by atoms with Gasteiger partial charge in [0, 0.05) is 32.7 Å². The first-order valence-corrected chi connectivity index (χ1v) is 6.50. The van der Waals surface area contributed by atoms with Crippen LogP contribution in [0.4, 0.5) is 24.9 Å². The van der Waals surface area contributed by atoms with E-state index in [1.807, 2.05) is 0 Å². The van der Waals surface area contributed by atoms with E-state index in [2.05, 4.69) is 15.3 Å². The largest absolute Gasteiger partial charge is 0.433 e. The fraction of sp³-hybridized carbons (Fsp3) is 0.583. The van der Waals surface area contributed by atoms with Crippen molar-refractivity contribution in [3.63, 3.8) is 0 Å². The normalized spacial score (nSPS) is 16.3. The number of hydrogen-bond acceptors (Lipinski definition) is 5. The van der Waals surface area contributed by atoms with Gasteiger partial charge in [-0.15, -0.1) is 0 Å². The van der Waals surface area contributed by atoms with E-state index in [1.165, 1.54) is 9.80 Å². The first kappa shape index (κ1) is 15.3. The summed E-state index contributed by atoms with van der Waals surface area (Å²) in [5.41, 5.74) is -1.02. The maximum atomic E-state index is 12.9. The van der Waals surface area contributed by atoms with Crippen LogP contribution >= 0.6 is 0 Å². The van der Waals surface area contributed by atoms with Gasteiger partial charge >= 0.3 is 6.18 Å². The van der Waals surface area contributed by atoms with E-state index in [0.717, 1.165) is 6.07 Å². The van der Waals surface area contributed by atoms with Gasteiger partial charge in [-0.05, 0) is 6.92 Å². The standard InChI is InChI=1S/C12H16F3N5O/c1-3-16-11-17-8(12(13,14)15)6-9(18-11)20-5-4-19(2)10(21)7-20/h6H,3-5,7H2,1-2H3,(H,16,17,18). The molecule has 21 heavy (non-hydrogen) atoms. The molecule has 0 saturated carbocycles. The number of carbonyl (C=O) groups excluding carboxylic acids is 1. The molecule has 6 nitrogen and oxygen atoms in total. The lowest BCUT2D eigenvalue weighted by atomic mass is 10.3. The summed E-state index contributed by atoms with van der Waals surface area (Å²) >= 11 is 0. The van der Waals surface area contributed by atoms with Crippen LogP contribution < -0.4 is 10.2 Å². The predicted octanol–water partition coefficient (Wildman–Crippen LogP) is 1.21. The van der Waals surface area contributed by atoms with Crippen LogP contribution in [0.25, 0.3) is 0 Å². The Hall–Kier alpha value is -2.06. The molecule has 9 heteroatoms. The Balaban J connectivity index is 2.34. The number of alkyl halides is 3. The van der Waals surface area contributed by atoms with E-state index >= 15 is 0 Å². The first-order valence-electron chi connectivity index (χ1n) is 6.50. The first-order chi connectivity index (χ1) is 9.81. The SMILES string of the molecule is CCNc1nc(N2CCN(C)C(=O)C2)cc(C(F)(F)F)n1. The molecule has 0 aromatic carbocycles. The molecular formula is C12H16F3N5O. The fourth-order valence-electron chi connectivity index (χ4n) is 1.93. The maximum absolute atomic E-state index is 12.9. The monoisotopic (exact) mass is 303 g/mol. The highest BCUT2D eigenvalue weighted by Gasteiger charge is 2.34. The van der Waals surface area contributed by atoms with Crippen LogP contribution in [-0.2, 0) is 11.0 Å². The van der Waals surface area contributed by atoms with Crippen molar-refractivity contribution in [2.24, 2.45) is 0 Å². The minimum atomic E-state index is -4.56. The summed E-state index contributed by atoms with van der Waals surface area (Å²) in [6.45, 7) is 3.03. The molecule has 2 heterocycles. The average Bonchev–Trinajstić information content (AvgIpc) is 2.41. The van der Waals surface area contributed by atoms with Gasteiger partial charge in [0.2, 0.25) is 11.9 Å². The second kappa shape index (κ2) is 5.74. The average molecular weight is 303 g/mol. The molecule has 1 amide bonds. The van der Waals surface area contributed by atoms with Crippen molar-refractivity contribution in [2.75, 3.05) is 43.4 Å². The predicted molar refractivity (Wildman–Crippen MR) is 71.0 cm³/mol. The van der Waals surface area contributed by atoms with Crippen molar-refractivity contribution < 1.29 is 18.0 Å². The van der Waals surface area contributed by atoms with E-state index < -0.39 is 11.9 Å². The third-order valence-electron chi connectivity index (χ3n) is 3.12. The topological polar surface area (TPSA) is 61.4 Å². The van der Waals surface area contributed by atoms with Crippen molar-refractivity contribution in [3.8, 4) is 0 Å². The van der Waals surface area contributed by atoms with Crippen molar-refractivity contribution in [2.45, 2.75) is 13.1 Å².